The normalized spacial score (nSPS) is 10.6. The molecule has 28 heavy (non-hydrogen) atoms. The highest BCUT2D eigenvalue weighted by Crippen LogP contribution is 2.21. The third-order valence-electron chi connectivity index (χ3n) is 3.75. The molecule has 0 amide bonds. The number of methoxy groups -OCH3 is 1. The number of hydrogen-bond donors (Lipinski definition) is 2. The lowest BCUT2D eigenvalue weighted by Crippen LogP contribution is -2.18. The zero-order valence-electron chi connectivity index (χ0n) is 14.5. The van der Waals surface area contributed by atoms with Gasteiger partial charge in [0.2, 0.25) is 0 Å². The van der Waals surface area contributed by atoms with Crippen LogP contribution in [0.15, 0.2) is 42.7 Å². The number of aromatic nitrogens is 2. The second-order valence-electron chi connectivity index (χ2n) is 5.68. The van der Waals surface area contributed by atoms with Crippen LogP contribution in [0.1, 0.15) is 5.56 Å². The third-order valence-corrected chi connectivity index (χ3v) is 3.95. The molecule has 3 aromatic rings. The van der Waals surface area contributed by atoms with Gasteiger partial charge in [-0.1, -0.05) is 6.07 Å². The predicted octanol–water partition coefficient (Wildman–Crippen LogP) is 4.31. The molecular formula is C18H14F4N4OS. The molecule has 0 spiro atoms. The lowest BCUT2D eigenvalue weighted by Gasteiger charge is -2.10. The maximum Gasteiger partial charge on any atom is 0.194 e. The van der Waals surface area contributed by atoms with E-state index in [4.69, 9.17) is 17.0 Å². The van der Waals surface area contributed by atoms with Gasteiger partial charge >= 0.3 is 0 Å². The molecule has 0 atom stereocenters. The summed E-state index contributed by atoms with van der Waals surface area (Å²) >= 11 is 5.20. The molecule has 1 aromatic heterocycles. The molecule has 10 heteroatoms. The molecule has 5 nitrogen and oxygen atoms in total. The maximum absolute atomic E-state index is 13.8. The number of nitrogens with one attached hydrogen (secondary N) is 2. The molecule has 0 saturated carbocycles. The van der Waals surface area contributed by atoms with Crippen LogP contribution in [0, 0.1) is 23.3 Å². The average Bonchev–Trinajstić information content (AvgIpc) is 3.10. The summed E-state index contributed by atoms with van der Waals surface area (Å²) < 4.78 is 60.2. The first-order chi connectivity index (χ1) is 13.4. The number of rotatable bonds is 5. The van der Waals surface area contributed by atoms with Gasteiger partial charge in [0.1, 0.15) is 11.6 Å². The van der Waals surface area contributed by atoms with Crippen LogP contribution in [0.3, 0.4) is 0 Å². The highest BCUT2D eigenvalue weighted by molar-refractivity contribution is 7.80. The molecule has 0 radical (unpaired) electrons. The van der Waals surface area contributed by atoms with Crippen molar-refractivity contribution in [3.8, 4) is 5.75 Å². The Morgan fingerprint density at radius 2 is 1.82 bits per heavy atom. The van der Waals surface area contributed by atoms with Gasteiger partial charge in [-0.15, -0.1) is 0 Å². The summed E-state index contributed by atoms with van der Waals surface area (Å²) in [7, 11) is 1.54. The van der Waals surface area contributed by atoms with Crippen LogP contribution < -0.4 is 15.4 Å². The first kappa shape index (κ1) is 19.6. The topological polar surface area (TPSA) is 51.1 Å². The van der Waals surface area contributed by atoms with Gasteiger partial charge < -0.3 is 15.4 Å². The van der Waals surface area contributed by atoms with Gasteiger partial charge in [0.15, 0.2) is 22.6 Å². The van der Waals surface area contributed by atoms with Gasteiger partial charge in [-0.3, -0.25) is 4.68 Å². The van der Waals surface area contributed by atoms with E-state index >= 15 is 0 Å². The second kappa shape index (κ2) is 8.26. The van der Waals surface area contributed by atoms with E-state index in [-0.39, 0.29) is 5.11 Å². The Bertz CT molecular complexity index is 1020. The lowest BCUT2D eigenvalue weighted by molar-refractivity contribution is 0.415. The predicted molar refractivity (Wildman–Crippen MR) is 100 cm³/mol. The zero-order chi connectivity index (χ0) is 20.3. The van der Waals surface area contributed by atoms with Crippen LogP contribution in [-0.2, 0) is 6.54 Å². The van der Waals surface area contributed by atoms with E-state index in [0.717, 1.165) is 4.68 Å². The van der Waals surface area contributed by atoms with Crippen molar-refractivity contribution in [1.82, 2.24) is 9.78 Å². The molecule has 0 bridgehead atoms. The molecule has 0 saturated heterocycles. The minimum absolute atomic E-state index is 0.248. The lowest BCUT2D eigenvalue weighted by atomic mass is 10.2. The molecular weight excluding hydrogens is 396 g/mol. The number of halogens is 4. The number of hydrogen-bond acceptors (Lipinski definition) is 3. The molecule has 3 rings (SSSR count). The fourth-order valence-corrected chi connectivity index (χ4v) is 2.66. The Labute approximate surface area is 162 Å². The second-order valence-corrected chi connectivity index (χ2v) is 6.09. The summed E-state index contributed by atoms with van der Waals surface area (Å²) in [6.07, 6.45) is 2.79. The maximum atomic E-state index is 13.8. The van der Waals surface area contributed by atoms with Crippen LogP contribution in [-0.4, -0.2) is 22.0 Å². The Balaban J connectivity index is 1.67. The Kier molecular flexibility index (Phi) is 5.78. The van der Waals surface area contributed by atoms with Gasteiger partial charge in [-0.2, -0.15) is 5.10 Å². The van der Waals surface area contributed by atoms with Crippen LogP contribution in [0.2, 0.25) is 0 Å². The standard InChI is InChI=1S/C18H14F4N4OS/c1-27-12-4-2-3-10(5-12)24-18(28)25-11-7-23-26(8-11)9-13-14(19)6-15(20)17(22)16(13)21/h2-8H,9H2,1H3,(H2,24,25,28). The highest BCUT2D eigenvalue weighted by atomic mass is 32.1. The summed E-state index contributed by atoms with van der Waals surface area (Å²) in [5.74, 6) is -5.45. The molecule has 2 N–H and O–H groups in total. The van der Waals surface area contributed by atoms with Gasteiger partial charge in [0.25, 0.3) is 0 Å². The Morgan fingerprint density at radius 1 is 1.07 bits per heavy atom. The number of anilines is 2. The highest BCUT2D eigenvalue weighted by Gasteiger charge is 2.19. The number of ether oxygens (including phenoxy) is 1. The zero-order valence-corrected chi connectivity index (χ0v) is 15.3. The molecule has 0 aliphatic carbocycles. The summed E-state index contributed by atoms with van der Waals surface area (Å²) in [4.78, 5) is 0. The van der Waals surface area contributed by atoms with E-state index in [1.165, 1.54) is 12.4 Å². The van der Waals surface area contributed by atoms with Crippen LogP contribution >= 0.6 is 12.2 Å². The van der Waals surface area contributed by atoms with Crippen molar-refractivity contribution in [2.75, 3.05) is 17.7 Å². The number of nitrogens with zero attached hydrogens (tertiary/aromatic N) is 2. The van der Waals surface area contributed by atoms with E-state index in [1.54, 1.807) is 31.4 Å². The molecule has 0 aliphatic rings. The fraction of sp³-hybridized carbons (Fsp3) is 0.111. The minimum atomic E-state index is -1.73. The van der Waals surface area contributed by atoms with E-state index < -0.39 is 35.4 Å². The first-order valence-corrected chi connectivity index (χ1v) is 8.34. The van der Waals surface area contributed by atoms with Crippen molar-refractivity contribution in [2.45, 2.75) is 6.54 Å². The third kappa shape index (κ3) is 4.39. The number of benzene rings is 2. The van der Waals surface area contributed by atoms with Crippen molar-refractivity contribution in [3.05, 3.63) is 71.6 Å². The van der Waals surface area contributed by atoms with Crippen molar-refractivity contribution in [1.29, 1.82) is 0 Å². The van der Waals surface area contributed by atoms with Crippen molar-refractivity contribution < 1.29 is 22.3 Å². The first-order valence-electron chi connectivity index (χ1n) is 7.93. The molecule has 0 fully saturated rings. The van der Waals surface area contributed by atoms with Crippen molar-refractivity contribution >= 4 is 28.7 Å². The molecule has 2 aromatic carbocycles. The van der Waals surface area contributed by atoms with E-state index in [9.17, 15) is 17.6 Å². The van der Waals surface area contributed by atoms with E-state index in [1.807, 2.05) is 0 Å². The number of thiocarbonyl (C=S) groups is 1. The summed E-state index contributed by atoms with van der Waals surface area (Å²) in [6, 6.07) is 7.39. The van der Waals surface area contributed by atoms with E-state index in [0.29, 0.717) is 23.2 Å². The van der Waals surface area contributed by atoms with Gasteiger partial charge in [0, 0.05) is 29.6 Å². The Morgan fingerprint density at radius 3 is 2.57 bits per heavy atom. The van der Waals surface area contributed by atoms with Crippen molar-refractivity contribution in [2.24, 2.45) is 0 Å². The quantitative estimate of drug-likeness (QED) is 0.284. The summed E-state index contributed by atoms with van der Waals surface area (Å²) in [5.41, 5.74) is 0.490. The molecule has 146 valence electrons. The van der Waals surface area contributed by atoms with Crippen molar-refractivity contribution in [3.63, 3.8) is 0 Å². The van der Waals surface area contributed by atoms with Crippen LogP contribution in [0.5, 0.6) is 5.75 Å². The Hall–Kier alpha value is -3.14. The molecule has 1 heterocycles. The van der Waals surface area contributed by atoms with Gasteiger partial charge in [0.05, 0.1) is 25.5 Å². The SMILES string of the molecule is COc1cccc(NC(=S)Nc2cnn(Cc3c(F)cc(F)c(F)c3F)c2)c1. The largest absolute Gasteiger partial charge is 0.497 e. The smallest absolute Gasteiger partial charge is 0.194 e. The average molecular weight is 410 g/mol. The van der Waals surface area contributed by atoms with E-state index in [2.05, 4.69) is 15.7 Å². The fourth-order valence-electron chi connectivity index (χ4n) is 2.42. The van der Waals surface area contributed by atoms with Gasteiger partial charge in [-0.05, 0) is 24.4 Å². The van der Waals surface area contributed by atoms with Crippen LogP contribution in [0.25, 0.3) is 0 Å². The molecule has 0 unspecified atom stereocenters. The summed E-state index contributed by atoms with van der Waals surface area (Å²) in [5, 5.41) is 9.99. The summed E-state index contributed by atoms with van der Waals surface area (Å²) in [6.45, 7) is -0.424. The molecule has 0 aliphatic heterocycles. The minimum Gasteiger partial charge on any atom is -0.497 e. The van der Waals surface area contributed by atoms with Crippen LogP contribution in [0.4, 0.5) is 28.9 Å². The van der Waals surface area contributed by atoms with Gasteiger partial charge in [-0.25, -0.2) is 17.6 Å². The monoisotopic (exact) mass is 410 g/mol.